The van der Waals surface area contributed by atoms with Crippen LogP contribution in [0, 0.1) is 29.1 Å². The van der Waals surface area contributed by atoms with Crippen molar-refractivity contribution in [2.75, 3.05) is 0 Å². The molecule has 0 amide bonds. The maximum atomic E-state index is 11.8. The van der Waals surface area contributed by atoms with Gasteiger partial charge in [0, 0.05) is 6.42 Å². The van der Waals surface area contributed by atoms with E-state index in [-0.39, 0.29) is 0 Å². The van der Waals surface area contributed by atoms with E-state index < -0.39 is 0 Å². The van der Waals surface area contributed by atoms with Gasteiger partial charge in [-0.3, -0.25) is 4.79 Å². The molecule has 1 heteroatoms. The highest BCUT2D eigenvalue weighted by atomic mass is 16.1. The van der Waals surface area contributed by atoms with Crippen molar-refractivity contribution in [3.8, 4) is 0 Å². The second-order valence-electron chi connectivity index (χ2n) is 7.89. The van der Waals surface area contributed by atoms with Crippen LogP contribution in [0.3, 0.4) is 0 Å². The molecule has 108 valence electrons. The lowest BCUT2D eigenvalue weighted by molar-refractivity contribution is -0.116. The number of ketones is 1. The Hall–Kier alpha value is -0.850. The Morgan fingerprint density at radius 2 is 2.05 bits per heavy atom. The molecular weight excluding hydrogens is 244 g/mol. The van der Waals surface area contributed by atoms with Gasteiger partial charge in [0.1, 0.15) is 0 Å². The number of rotatable bonds is 0. The summed E-state index contributed by atoms with van der Waals surface area (Å²) in [6.07, 6.45) is 13.1. The maximum Gasteiger partial charge on any atom is 0.155 e. The van der Waals surface area contributed by atoms with E-state index >= 15 is 0 Å². The number of carbonyl (C=O) groups is 1. The van der Waals surface area contributed by atoms with Crippen molar-refractivity contribution in [1.82, 2.24) is 0 Å². The van der Waals surface area contributed by atoms with Crippen molar-refractivity contribution in [2.45, 2.75) is 58.8 Å². The summed E-state index contributed by atoms with van der Waals surface area (Å²) in [7, 11) is 0. The Labute approximate surface area is 122 Å². The molecule has 0 bridgehead atoms. The number of hydrogen-bond donors (Lipinski definition) is 0. The van der Waals surface area contributed by atoms with Crippen molar-refractivity contribution in [3.05, 3.63) is 23.3 Å². The van der Waals surface area contributed by atoms with E-state index in [9.17, 15) is 4.79 Å². The standard InChI is InChI=1S/C19H26O/c1-12-3-5-16-15(12)7-8-18-17(16)6-4-13-11-14(20)9-10-19(13,18)2/h7,11-12,16-18H,3-6,8-10H2,1-2H3/t12-,16+,17-,18-,19-/m0/s1. The molecule has 0 spiro atoms. The van der Waals surface area contributed by atoms with Gasteiger partial charge in [0.2, 0.25) is 0 Å². The zero-order chi connectivity index (χ0) is 13.9. The summed E-state index contributed by atoms with van der Waals surface area (Å²) < 4.78 is 0. The van der Waals surface area contributed by atoms with Gasteiger partial charge in [0.05, 0.1) is 0 Å². The van der Waals surface area contributed by atoms with Crippen LogP contribution in [0.5, 0.6) is 0 Å². The Kier molecular flexibility index (Phi) is 2.78. The highest BCUT2D eigenvalue weighted by Gasteiger charge is 2.51. The zero-order valence-electron chi connectivity index (χ0n) is 12.8. The van der Waals surface area contributed by atoms with Crippen molar-refractivity contribution in [3.63, 3.8) is 0 Å². The summed E-state index contributed by atoms with van der Waals surface area (Å²) in [5.41, 5.74) is 3.59. The minimum Gasteiger partial charge on any atom is -0.295 e. The number of carbonyl (C=O) groups excluding carboxylic acids is 1. The molecule has 0 saturated heterocycles. The Morgan fingerprint density at radius 3 is 2.90 bits per heavy atom. The molecule has 0 aromatic carbocycles. The summed E-state index contributed by atoms with van der Waals surface area (Å²) in [6, 6.07) is 0. The van der Waals surface area contributed by atoms with E-state index in [0.717, 1.165) is 36.5 Å². The predicted molar refractivity (Wildman–Crippen MR) is 81.2 cm³/mol. The highest BCUT2D eigenvalue weighted by molar-refractivity contribution is 5.91. The van der Waals surface area contributed by atoms with Gasteiger partial charge < -0.3 is 0 Å². The molecule has 0 aliphatic heterocycles. The fourth-order valence-electron chi connectivity index (χ4n) is 5.87. The van der Waals surface area contributed by atoms with Crippen molar-refractivity contribution in [1.29, 1.82) is 0 Å². The maximum absolute atomic E-state index is 11.8. The lowest BCUT2D eigenvalue weighted by atomic mass is 9.51. The van der Waals surface area contributed by atoms with Crippen LogP contribution < -0.4 is 0 Å². The second-order valence-corrected chi connectivity index (χ2v) is 7.89. The molecule has 0 heterocycles. The van der Waals surface area contributed by atoms with Gasteiger partial charge >= 0.3 is 0 Å². The minimum atomic E-state index is 0.324. The van der Waals surface area contributed by atoms with Crippen molar-refractivity contribution >= 4 is 5.78 Å². The smallest absolute Gasteiger partial charge is 0.155 e. The van der Waals surface area contributed by atoms with E-state index in [0.29, 0.717) is 11.2 Å². The van der Waals surface area contributed by atoms with Crippen molar-refractivity contribution in [2.24, 2.45) is 29.1 Å². The molecular formula is C19H26O. The van der Waals surface area contributed by atoms with Gasteiger partial charge in [0.25, 0.3) is 0 Å². The van der Waals surface area contributed by atoms with E-state index in [1.807, 2.05) is 6.08 Å². The molecule has 20 heavy (non-hydrogen) atoms. The van der Waals surface area contributed by atoms with Gasteiger partial charge in [-0.15, -0.1) is 0 Å². The van der Waals surface area contributed by atoms with Crippen LogP contribution in [0.1, 0.15) is 58.8 Å². The van der Waals surface area contributed by atoms with Crippen LogP contribution in [-0.4, -0.2) is 5.78 Å². The molecule has 0 aromatic heterocycles. The minimum absolute atomic E-state index is 0.324. The molecule has 0 N–H and O–H groups in total. The second kappa shape index (κ2) is 4.32. The van der Waals surface area contributed by atoms with Crippen LogP contribution in [0.25, 0.3) is 0 Å². The van der Waals surface area contributed by atoms with E-state index in [2.05, 4.69) is 19.9 Å². The van der Waals surface area contributed by atoms with E-state index in [4.69, 9.17) is 0 Å². The lowest BCUT2D eigenvalue weighted by Gasteiger charge is -2.53. The third kappa shape index (κ3) is 1.64. The van der Waals surface area contributed by atoms with Gasteiger partial charge in [-0.05, 0) is 73.7 Å². The van der Waals surface area contributed by atoms with Crippen LogP contribution >= 0.6 is 0 Å². The van der Waals surface area contributed by atoms with Gasteiger partial charge in [0.15, 0.2) is 5.78 Å². The summed E-state index contributed by atoms with van der Waals surface area (Å²) >= 11 is 0. The van der Waals surface area contributed by atoms with E-state index in [1.54, 1.807) is 5.57 Å². The van der Waals surface area contributed by atoms with Crippen molar-refractivity contribution < 1.29 is 4.79 Å². The molecule has 2 fully saturated rings. The first-order chi connectivity index (χ1) is 9.59. The van der Waals surface area contributed by atoms with Crippen LogP contribution in [-0.2, 0) is 4.79 Å². The first-order valence-corrected chi connectivity index (χ1v) is 8.53. The molecule has 2 saturated carbocycles. The third-order valence-electron chi connectivity index (χ3n) is 7.07. The highest BCUT2D eigenvalue weighted by Crippen LogP contribution is 2.60. The average molecular weight is 270 g/mol. The van der Waals surface area contributed by atoms with Gasteiger partial charge in [-0.1, -0.05) is 31.1 Å². The molecule has 4 aliphatic carbocycles. The monoisotopic (exact) mass is 270 g/mol. The lowest BCUT2D eigenvalue weighted by Crippen LogP contribution is -2.45. The zero-order valence-corrected chi connectivity index (χ0v) is 12.8. The summed E-state index contributed by atoms with van der Waals surface area (Å²) in [6.45, 7) is 4.88. The molecule has 5 atom stereocenters. The average Bonchev–Trinajstić information content (AvgIpc) is 2.82. The summed E-state index contributed by atoms with van der Waals surface area (Å²) in [4.78, 5) is 11.8. The quantitative estimate of drug-likeness (QED) is 0.584. The van der Waals surface area contributed by atoms with Crippen LogP contribution in [0.15, 0.2) is 23.3 Å². The largest absolute Gasteiger partial charge is 0.295 e. The van der Waals surface area contributed by atoms with Crippen LogP contribution in [0.2, 0.25) is 0 Å². The Bertz CT molecular complexity index is 512. The number of allylic oxidation sites excluding steroid dienone is 4. The first-order valence-electron chi connectivity index (χ1n) is 8.53. The molecule has 4 rings (SSSR count). The normalized spacial score (nSPS) is 47.0. The fourth-order valence-corrected chi connectivity index (χ4v) is 5.87. The first kappa shape index (κ1) is 12.9. The van der Waals surface area contributed by atoms with Crippen LogP contribution in [0.4, 0.5) is 0 Å². The SMILES string of the molecule is C[C@H]1CC[C@@H]2C1=CC[C@H]1[C@H]2CCC2=CC(=O)CC[C@@]21C. The summed E-state index contributed by atoms with van der Waals surface area (Å²) in [5, 5.41) is 0. The fraction of sp³-hybridized carbons (Fsp3) is 0.737. The molecule has 0 unspecified atom stereocenters. The third-order valence-corrected chi connectivity index (χ3v) is 7.07. The molecule has 0 radical (unpaired) electrons. The molecule has 4 aliphatic rings. The van der Waals surface area contributed by atoms with Gasteiger partial charge in [-0.25, -0.2) is 0 Å². The predicted octanol–water partition coefficient (Wildman–Crippen LogP) is 4.68. The molecule has 0 aromatic rings. The summed E-state index contributed by atoms with van der Waals surface area (Å²) in [5.74, 6) is 3.78. The Morgan fingerprint density at radius 1 is 1.20 bits per heavy atom. The van der Waals surface area contributed by atoms with E-state index in [1.165, 1.54) is 37.7 Å². The number of hydrogen-bond acceptors (Lipinski definition) is 1. The van der Waals surface area contributed by atoms with Gasteiger partial charge in [-0.2, -0.15) is 0 Å². The molecule has 1 nitrogen and oxygen atoms in total. The number of fused-ring (bicyclic) bond motifs is 5. The Balaban J connectivity index is 1.71. The topological polar surface area (TPSA) is 17.1 Å².